The smallest absolute Gasteiger partial charge is 0.220 e. The topological polar surface area (TPSA) is 77.8 Å². The van der Waals surface area contributed by atoms with Gasteiger partial charge >= 0.3 is 0 Å². The number of benzene rings is 1. The highest BCUT2D eigenvalue weighted by molar-refractivity contribution is 6.31. The lowest BCUT2D eigenvalue weighted by atomic mass is 10.0. The van der Waals surface area contributed by atoms with Crippen LogP contribution in [0.1, 0.15) is 24.8 Å². The first-order valence-corrected chi connectivity index (χ1v) is 7.57. The van der Waals surface area contributed by atoms with Gasteiger partial charge in [0, 0.05) is 35.6 Å². The number of amides is 1. The van der Waals surface area contributed by atoms with E-state index < -0.39 is 0 Å². The summed E-state index contributed by atoms with van der Waals surface area (Å²) in [5.41, 5.74) is 1.96. The minimum atomic E-state index is 0.0789. The summed E-state index contributed by atoms with van der Waals surface area (Å²) in [5, 5.41) is 16.9. The normalized spacial score (nSPS) is 17.8. The van der Waals surface area contributed by atoms with Gasteiger partial charge in [0.05, 0.1) is 16.8 Å². The summed E-state index contributed by atoms with van der Waals surface area (Å²) in [5.74, 6) is 0.0844. The molecule has 2 heterocycles. The molecule has 0 spiro atoms. The van der Waals surface area contributed by atoms with Crippen molar-refractivity contribution < 1.29 is 4.79 Å². The van der Waals surface area contributed by atoms with E-state index in [1.165, 1.54) is 0 Å². The van der Waals surface area contributed by atoms with Crippen molar-refractivity contribution in [3.8, 4) is 6.07 Å². The number of halogens is 1. The molecule has 2 aromatic rings. The summed E-state index contributed by atoms with van der Waals surface area (Å²) >= 11 is 6.06. The number of hydrogen-bond donors (Lipinski definition) is 2. The number of rotatable bonds is 3. The minimum absolute atomic E-state index is 0.0789. The van der Waals surface area contributed by atoms with E-state index >= 15 is 0 Å². The van der Waals surface area contributed by atoms with Crippen LogP contribution >= 0.6 is 11.6 Å². The maximum Gasteiger partial charge on any atom is 0.220 e. The van der Waals surface area contributed by atoms with Crippen molar-refractivity contribution in [3.63, 3.8) is 0 Å². The molecular weight excluding hydrogens is 300 g/mol. The van der Waals surface area contributed by atoms with E-state index in [1.54, 1.807) is 18.3 Å². The molecule has 1 fully saturated rings. The molecule has 0 unspecified atom stereocenters. The predicted octanol–water partition coefficient (Wildman–Crippen LogP) is 2.84. The number of nitrogens with zero attached hydrogens (tertiary/aromatic N) is 2. The molecule has 1 saturated heterocycles. The maximum atomic E-state index is 11.4. The van der Waals surface area contributed by atoms with Gasteiger partial charge in [-0.2, -0.15) is 5.26 Å². The molecule has 0 radical (unpaired) electrons. The Morgan fingerprint density at radius 1 is 1.50 bits per heavy atom. The van der Waals surface area contributed by atoms with Gasteiger partial charge in [-0.3, -0.25) is 9.78 Å². The standard InChI is InChI=1S/C16H15ClN4O/c17-11-4-5-14-13(6-11)16(10(7-18)8-19-14)20-9-12-2-1-3-15(22)21-12/h4-6,8,12H,1-3,9H2,(H,19,20)(H,21,22)/t12-/m1/s1. The number of fused-ring (bicyclic) bond motifs is 1. The van der Waals surface area contributed by atoms with Gasteiger partial charge in [-0.05, 0) is 31.0 Å². The molecule has 5 nitrogen and oxygen atoms in total. The Bertz CT molecular complexity index is 769. The second-order valence-electron chi connectivity index (χ2n) is 5.36. The molecular formula is C16H15ClN4O. The van der Waals surface area contributed by atoms with Crippen molar-refractivity contribution in [1.29, 1.82) is 5.26 Å². The fourth-order valence-electron chi connectivity index (χ4n) is 2.70. The molecule has 1 aliphatic rings. The van der Waals surface area contributed by atoms with Gasteiger partial charge in [-0.25, -0.2) is 0 Å². The van der Waals surface area contributed by atoms with E-state index in [0.29, 0.717) is 23.6 Å². The summed E-state index contributed by atoms with van der Waals surface area (Å²) in [4.78, 5) is 15.7. The molecule has 2 N–H and O–H groups in total. The average Bonchev–Trinajstić information content (AvgIpc) is 2.52. The van der Waals surface area contributed by atoms with E-state index in [-0.39, 0.29) is 11.9 Å². The number of pyridine rings is 1. The molecule has 1 amide bonds. The Kier molecular flexibility index (Phi) is 4.12. The third-order valence-electron chi connectivity index (χ3n) is 3.80. The Balaban J connectivity index is 1.89. The van der Waals surface area contributed by atoms with Crippen LogP contribution in [0.4, 0.5) is 5.69 Å². The van der Waals surface area contributed by atoms with Crippen molar-refractivity contribution in [2.24, 2.45) is 0 Å². The third kappa shape index (κ3) is 2.97. The quantitative estimate of drug-likeness (QED) is 0.913. The molecule has 0 saturated carbocycles. The molecule has 6 heteroatoms. The monoisotopic (exact) mass is 314 g/mol. The van der Waals surface area contributed by atoms with Crippen LogP contribution in [0.3, 0.4) is 0 Å². The molecule has 3 rings (SSSR count). The van der Waals surface area contributed by atoms with Gasteiger partial charge in [0.1, 0.15) is 6.07 Å². The Labute approximate surface area is 133 Å². The molecule has 0 aliphatic carbocycles. The fraction of sp³-hybridized carbons (Fsp3) is 0.312. The van der Waals surface area contributed by atoms with Gasteiger partial charge in [-0.1, -0.05) is 11.6 Å². The number of carbonyl (C=O) groups is 1. The van der Waals surface area contributed by atoms with Crippen LogP contribution < -0.4 is 10.6 Å². The largest absolute Gasteiger partial charge is 0.381 e. The number of carbonyl (C=O) groups excluding carboxylic acids is 1. The molecule has 22 heavy (non-hydrogen) atoms. The van der Waals surface area contributed by atoms with E-state index in [1.807, 2.05) is 6.07 Å². The number of nitrogens with one attached hydrogen (secondary N) is 2. The van der Waals surface area contributed by atoms with Crippen LogP contribution in [0.25, 0.3) is 10.9 Å². The van der Waals surface area contributed by atoms with E-state index in [0.717, 1.165) is 29.4 Å². The van der Waals surface area contributed by atoms with Gasteiger partial charge in [-0.15, -0.1) is 0 Å². The van der Waals surface area contributed by atoms with Crippen molar-refractivity contribution in [2.45, 2.75) is 25.3 Å². The Morgan fingerprint density at radius 2 is 2.36 bits per heavy atom. The van der Waals surface area contributed by atoms with E-state index in [9.17, 15) is 10.1 Å². The molecule has 1 aromatic heterocycles. The number of piperidine rings is 1. The second kappa shape index (κ2) is 6.20. The molecule has 112 valence electrons. The van der Waals surface area contributed by atoms with Crippen LogP contribution in [0, 0.1) is 11.3 Å². The maximum absolute atomic E-state index is 11.4. The lowest BCUT2D eigenvalue weighted by molar-refractivity contribution is -0.123. The van der Waals surface area contributed by atoms with Crippen LogP contribution in [0.5, 0.6) is 0 Å². The molecule has 0 bridgehead atoms. The average molecular weight is 315 g/mol. The SMILES string of the molecule is N#Cc1cnc2ccc(Cl)cc2c1NC[C@H]1CCCC(=O)N1. The number of hydrogen-bond acceptors (Lipinski definition) is 4. The van der Waals surface area contributed by atoms with Crippen molar-refractivity contribution in [3.05, 3.63) is 35.0 Å². The zero-order valence-electron chi connectivity index (χ0n) is 11.9. The molecule has 1 aromatic carbocycles. The third-order valence-corrected chi connectivity index (χ3v) is 4.03. The lowest BCUT2D eigenvalue weighted by Crippen LogP contribution is -2.42. The van der Waals surface area contributed by atoms with Crippen LogP contribution in [0.2, 0.25) is 5.02 Å². The van der Waals surface area contributed by atoms with E-state index in [4.69, 9.17) is 11.6 Å². The number of nitriles is 1. The summed E-state index contributed by atoms with van der Waals surface area (Å²) < 4.78 is 0. The van der Waals surface area contributed by atoms with Crippen molar-refractivity contribution in [2.75, 3.05) is 11.9 Å². The van der Waals surface area contributed by atoms with Gasteiger partial charge in [0.25, 0.3) is 0 Å². The predicted molar refractivity (Wildman–Crippen MR) is 85.7 cm³/mol. The molecule has 1 aliphatic heterocycles. The van der Waals surface area contributed by atoms with Crippen molar-refractivity contribution in [1.82, 2.24) is 10.3 Å². The lowest BCUT2D eigenvalue weighted by Gasteiger charge is -2.24. The van der Waals surface area contributed by atoms with Crippen molar-refractivity contribution >= 4 is 34.1 Å². The summed E-state index contributed by atoms with van der Waals surface area (Å²) in [6, 6.07) is 7.62. The Morgan fingerprint density at radius 3 is 3.14 bits per heavy atom. The summed E-state index contributed by atoms with van der Waals surface area (Å²) in [6.45, 7) is 0.575. The minimum Gasteiger partial charge on any atom is -0.381 e. The zero-order chi connectivity index (χ0) is 15.5. The highest BCUT2D eigenvalue weighted by atomic mass is 35.5. The second-order valence-corrected chi connectivity index (χ2v) is 5.79. The van der Waals surface area contributed by atoms with Gasteiger partial charge < -0.3 is 10.6 Å². The highest BCUT2D eigenvalue weighted by Crippen LogP contribution is 2.28. The van der Waals surface area contributed by atoms with Crippen LogP contribution in [0.15, 0.2) is 24.4 Å². The fourth-order valence-corrected chi connectivity index (χ4v) is 2.87. The summed E-state index contributed by atoms with van der Waals surface area (Å²) in [6.07, 6.45) is 3.97. The van der Waals surface area contributed by atoms with Crippen LogP contribution in [-0.4, -0.2) is 23.5 Å². The zero-order valence-corrected chi connectivity index (χ0v) is 12.7. The highest BCUT2D eigenvalue weighted by Gasteiger charge is 2.18. The summed E-state index contributed by atoms with van der Waals surface area (Å²) in [7, 11) is 0. The first-order valence-electron chi connectivity index (χ1n) is 7.19. The van der Waals surface area contributed by atoms with Crippen LogP contribution in [-0.2, 0) is 4.79 Å². The number of anilines is 1. The van der Waals surface area contributed by atoms with Gasteiger partial charge in [0.2, 0.25) is 5.91 Å². The Hall–Kier alpha value is -2.32. The molecule has 1 atom stereocenters. The number of aromatic nitrogens is 1. The first kappa shape index (κ1) is 14.6. The first-order chi connectivity index (χ1) is 10.7. The van der Waals surface area contributed by atoms with Gasteiger partial charge in [0.15, 0.2) is 0 Å². The van der Waals surface area contributed by atoms with E-state index in [2.05, 4.69) is 21.7 Å².